The zero-order valence-electron chi connectivity index (χ0n) is 12.8. The monoisotopic (exact) mass is 312 g/mol. The quantitative estimate of drug-likeness (QED) is 0.716. The van der Waals surface area contributed by atoms with Crippen molar-refractivity contribution in [2.75, 3.05) is 12.4 Å². The average Bonchev–Trinajstić information content (AvgIpc) is 2.48. The Labute approximate surface area is 134 Å². The first-order chi connectivity index (χ1) is 10.6. The van der Waals surface area contributed by atoms with Crippen molar-refractivity contribution < 1.29 is 4.74 Å². The van der Waals surface area contributed by atoms with Crippen LogP contribution in [0.3, 0.4) is 0 Å². The van der Waals surface area contributed by atoms with E-state index in [0.717, 1.165) is 22.8 Å². The van der Waals surface area contributed by atoms with E-state index in [9.17, 15) is 0 Å². The Balaban J connectivity index is 2.04. The van der Waals surface area contributed by atoms with Crippen LogP contribution in [-0.4, -0.2) is 12.1 Å². The molecule has 1 heterocycles. The number of nitrogens with zero attached hydrogens (tertiary/aromatic N) is 1. The van der Waals surface area contributed by atoms with Gasteiger partial charge in [-0.25, -0.2) is 4.98 Å². The second-order valence-corrected chi connectivity index (χ2v) is 5.75. The van der Waals surface area contributed by atoms with Gasteiger partial charge in [-0.3, -0.25) is 0 Å². The molecule has 0 amide bonds. The van der Waals surface area contributed by atoms with Crippen LogP contribution < -0.4 is 10.1 Å². The second-order valence-electron chi connectivity index (χ2n) is 5.31. The fraction of sp³-hybridized carbons (Fsp3) is 0.167. The van der Waals surface area contributed by atoms with Gasteiger partial charge in [-0.1, -0.05) is 23.2 Å². The van der Waals surface area contributed by atoms with Crippen LogP contribution >= 0.6 is 11.6 Å². The first-order valence-electron chi connectivity index (χ1n) is 7.05. The van der Waals surface area contributed by atoms with Crippen LogP contribution in [0.1, 0.15) is 11.1 Å². The number of fused-ring (bicyclic) bond motifs is 1. The summed E-state index contributed by atoms with van der Waals surface area (Å²) in [6, 6.07) is 13.8. The number of hydrogen-bond acceptors (Lipinski definition) is 3. The molecule has 0 aliphatic heterocycles. The highest BCUT2D eigenvalue weighted by molar-refractivity contribution is 6.31. The van der Waals surface area contributed by atoms with Crippen molar-refractivity contribution in [3.8, 4) is 5.75 Å². The van der Waals surface area contributed by atoms with Gasteiger partial charge in [0.1, 0.15) is 11.6 Å². The molecule has 0 aliphatic rings. The van der Waals surface area contributed by atoms with Gasteiger partial charge in [0.25, 0.3) is 0 Å². The number of aryl methyl sites for hydroxylation is 2. The van der Waals surface area contributed by atoms with Gasteiger partial charge in [0.15, 0.2) is 0 Å². The SMILES string of the molecule is COc1ccc(Cl)cc1Nc1cc(C)c2cc(C)ccc2n1. The standard InChI is InChI=1S/C18H17ClN2O/c1-11-4-6-15-14(8-11)12(2)9-18(20-15)21-16-10-13(19)5-7-17(16)22-3/h4-10H,1-3H3,(H,20,21). The summed E-state index contributed by atoms with van der Waals surface area (Å²) in [7, 11) is 1.64. The lowest BCUT2D eigenvalue weighted by Crippen LogP contribution is -1.98. The Morgan fingerprint density at radius 3 is 2.64 bits per heavy atom. The highest BCUT2D eigenvalue weighted by Crippen LogP contribution is 2.31. The molecule has 0 saturated carbocycles. The lowest BCUT2D eigenvalue weighted by Gasteiger charge is -2.13. The number of methoxy groups -OCH3 is 1. The fourth-order valence-corrected chi connectivity index (χ4v) is 2.66. The second kappa shape index (κ2) is 5.85. The summed E-state index contributed by atoms with van der Waals surface area (Å²) >= 11 is 6.07. The van der Waals surface area contributed by atoms with E-state index >= 15 is 0 Å². The zero-order valence-corrected chi connectivity index (χ0v) is 13.5. The molecule has 3 rings (SSSR count). The molecule has 112 valence electrons. The predicted molar refractivity (Wildman–Crippen MR) is 92.5 cm³/mol. The van der Waals surface area contributed by atoms with Gasteiger partial charge >= 0.3 is 0 Å². The van der Waals surface area contributed by atoms with Crippen LogP contribution in [0.2, 0.25) is 5.02 Å². The van der Waals surface area contributed by atoms with Crippen LogP contribution in [-0.2, 0) is 0 Å². The van der Waals surface area contributed by atoms with E-state index in [4.69, 9.17) is 16.3 Å². The number of aromatic nitrogens is 1. The third-order valence-corrected chi connectivity index (χ3v) is 3.83. The molecule has 1 aromatic heterocycles. The summed E-state index contributed by atoms with van der Waals surface area (Å²) in [6.45, 7) is 4.17. The number of anilines is 2. The molecule has 3 nitrogen and oxygen atoms in total. The van der Waals surface area contributed by atoms with Gasteiger partial charge in [0.2, 0.25) is 0 Å². The van der Waals surface area contributed by atoms with E-state index in [1.54, 1.807) is 13.2 Å². The Morgan fingerprint density at radius 1 is 1.05 bits per heavy atom. The molecule has 1 N–H and O–H groups in total. The molecule has 0 radical (unpaired) electrons. The highest BCUT2D eigenvalue weighted by Gasteiger charge is 2.07. The summed E-state index contributed by atoms with van der Waals surface area (Å²) in [4.78, 5) is 4.67. The van der Waals surface area contributed by atoms with E-state index in [2.05, 4.69) is 36.3 Å². The Hall–Kier alpha value is -2.26. The zero-order chi connectivity index (χ0) is 15.7. The van der Waals surface area contributed by atoms with Crippen molar-refractivity contribution in [3.63, 3.8) is 0 Å². The molecule has 0 bridgehead atoms. The van der Waals surface area contributed by atoms with Crippen molar-refractivity contribution in [3.05, 3.63) is 58.6 Å². The van der Waals surface area contributed by atoms with Gasteiger partial charge in [0, 0.05) is 10.4 Å². The van der Waals surface area contributed by atoms with Crippen LogP contribution in [0, 0.1) is 13.8 Å². The number of ether oxygens (including phenoxy) is 1. The first kappa shape index (κ1) is 14.7. The smallest absolute Gasteiger partial charge is 0.142 e. The normalized spacial score (nSPS) is 10.7. The molecule has 0 fully saturated rings. The van der Waals surface area contributed by atoms with Crippen molar-refractivity contribution in [2.45, 2.75) is 13.8 Å². The molecule has 2 aromatic carbocycles. The molecule has 3 aromatic rings. The number of benzene rings is 2. The minimum atomic E-state index is 0.649. The molecule has 4 heteroatoms. The molecule has 22 heavy (non-hydrogen) atoms. The van der Waals surface area contributed by atoms with Gasteiger partial charge in [-0.05, 0) is 55.8 Å². The minimum absolute atomic E-state index is 0.649. The molecule has 0 atom stereocenters. The average molecular weight is 313 g/mol. The van der Waals surface area contributed by atoms with E-state index < -0.39 is 0 Å². The first-order valence-corrected chi connectivity index (χ1v) is 7.43. The van der Waals surface area contributed by atoms with Crippen molar-refractivity contribution in [1.29, 1.82) is 0 Å². The fourth-order valence-electron chi connectivity index (χ4n) is 2.49. The number of halogens is 1. The molecule has 0 unspecified atom stereocenters. The van der Waals surface area contributed by atoms with E-state index in [1.165, 1.54) is 16.5 Å². The third-order valence-electron chi connectivity index (χ3n) is 3.60. The van der Waals surface area contributed by atoms with E-state index in [-0.39, 0.29) is 0 Å². The maximum Gasteiger partial charge on any atom is 0.142 e. The van der Waals surface area contributed by atoms with Gasteiger partial charge in [0.05, 0.1) is 18.3 Å². The number of rotatable bonds is 3. The summed E-state index contributed by atoms with van der Waals surface area (Å²) in [5, 5.41) is 5.11. The predicted octanol–water partition coefficient (Wildman–Crippen LogP) is 5.26. The van der Waals surface area contributed by atoms with Crippen molar-refractivity contribution in [2.24, 2.45) is 0 Å². The minimum Gasteiger partial charge on any atom is -0.495 e. The molecule has 0 aliphatic carbocycles. The lowest BCUT2D eigenvalue weighted by atomic mass is 10.1. The van der Waals surface area contributed by atoms with Crippen LogP contribution in [0.25, 0.3) is 10.9 Å². The maximum absolute atomic E-state index is 6.07. The summed E-state index contributed by atoms with van der Waals surface area (Å²) in [5.74, 6) is 1.50. The lowest BCUT2D eigenvalue weighted by molar-refractivity contribution is 0.417. The topological polar surface area (TPSA) is 34.1 Å². The Kier molecular flexibility index (Phi) is 3.90. The molecule has 0 spiro atoms. The van der Waals surface area contributed by atoms with Crippen LogP contribution in [0.15, 0.2) is 42.5 Å². The van der Waals surface area contributed by atoms with Gasteiger partial charge in [-0.15, -0.1) is 0 Å². The largest absolute Gasteiger partial charge is 0.495 e. The van der Waals surface area contributed by atoms with Crippen LogP contribution in [0.5, 0.6) is 5.75 Å². The summed E-state index contributed by atoms with van der Waals surface area (Å²) < 4.78 is 5.36. The summed E-state index contributed by atoms with van der Waals surface area (Å²) in [5.41, 5.74) is 4.18. The van der Waals surface area contributed by atoms with Gasteiger partial charge < -0.3 is 10.1 Å². The summed E-state index contributed by atoms with van der Waals surface area (Å²) in [6.07, 6.45) is 0. The van der Waals surface area contributed by atoms with E-state index in [0.29, 0.717) is 5.02 Å². The third kappa shape index (κ3) is 2.85. The Bertz CT molecular complexity index is 846. The Morgan fingerprint density at radius 2 is 1.86 bits per heavy atom. The van der Waals surface area contributed by atoms with Crippen molar-refractivity contribution >= 4 is 34.0 Å². The van der Waals surface area contributed by atoms with E-state index in [1.807, 2.05) is 24.3 Å². The number of nitrogens with one attached hydrogen (secondary N) is 1. The number of hydrogen-bond donors (Lipinski definition) is 1. The molecular weight excluding hydrogens is 296 g/mol. The molecule has 0 saturated heterocycles. The van der Waals surface area contributed by atoms with Crippen molar-refractivity contribution in [1.82, 2.24) is 4.98 Å². The van der Waals surface area contributed by atoms with Crippen LogP contribution in [0.4, 0.5) is 11.5 Å². The van der Waals surface area contributed by atoms with Gasteiger partial charge in [-0.2, -0.15) is 0 Å². The maximum atomic E-state index is 6.07. The highest BCUT2D eigenvalue weighted by atomic mass is 35.5. The number of pyridine rings is 1. The molecular formula is C18H17ClN2O.